The lowest BCUT2D eigenvalue weighted by atomic mass is 10.0. The van der Waals surface area contributed by atoms with Gasteiger partial charge in [0.15, 0.2) is 0 Å². The number of carbonyl (C=O) groups is 4. The molecule has 4 aliphatic rings. The SMILES string of the molecule is COc1cc(OC)c2c(=O)[nH]c(-c3ccc(N4CCC(N5CCN(Cc6ccc7c(c6)C(=O)N(C6CCC(=O)NC6=O)C7=O)CC5)CC4)cc3)nc2c1. The summed E-state index contributed by atoms with van der Waals surface area (Å²) in [6.45, 7) is 6.29. The highest BCUT2D eigenvalue weighted by atomic mass is 16.5. The normalized spacial score (nSPS) is 20.2. The van der Waals surface area contributed by atoms with E-state index in [9.17, 15) is 24.0 Å². The molecule has 4 aromatic rings. The lowest BCUT2D eigenvalue weighted by Gasteiger charge is -2.43. The first-order valence-corrected chi connectivity index (χ1v) is 18.0. The maximum Gasteiger partial charge on any atom is 0.262 e. The fourth-order valence-electron chi connectivity index (χ4n) is 8.11. The summed E-state index contributed by atoms with van der Waals surface area (Å²) in [7, 11) is 3.08. The predicted octanol–water partition coefficient (Wildman–Crippen LogP) is 2.80. The first-order valence-electron chi connectivity index (χ1n) is 18.0. The minimum absolute atomic E-state index is 0.0955. The Kier molecular flexibility index (Phi) is 9.16. The topological polar surface area (TPSA) is 157 Å². The smallest absolute Gasteiger partial charge is 0.262 e. The quantitative estimate of drug-likeness (QED) is 0.258. The fourth-order valence-corrected chi connectivity index (χ4v) is 8.11. The van der Waals surface area contributed by atoms with Gasteiger partial charge in [-0.15, -0.1) is 0 Å². The van der Waals surface area contributed by atoms with Crippen molar-refractivity contribution in [2.75, 3.05) is 58.4 Å². The zero-order valence-corrected chi connectivity index (χ0v) is 29.7. The average molecular weight is 720 g/mol. The zero-order chi connectivity index (χ0) is 36.8. The number of amides is 4. The Morgan fingerprint density at radius 3 is 2.23 bits per heavy atom. The van der Waals surface area contributed by atoms with Gasteiger partial charge in [0.05, 0.1) is 30.9 Å². The second kappa shape index (κ2) is 14.1. The van der Waals surface area contributed by atoms with Crippen molar-refractivity contribution in [2.24, 2.45) is 0 Å². The lowest BCUT2D eigenvalue weighted by Crippen LogP contribution is -2.54. The molecule has 4 aliphatic heterocycles. The van der Waals surface area contributed by atoms with Crippen LogP contribution in [0, 0.1) is 0 Å². The van der Waals surface area contributed by atoms with Crippen LogP contribution in [0.1, 0.15) is 52.0 Å². The number of nitrogens with one attached hydrogen (secondary N) is 2. The van der Waals surface area contributed by atoms with Gasteiger partial charge in [-0.25, -0.2) is 4.98 Å². The monoisotopic (exact) mass is 719 g/mol. The van der Waals surface area contributed by atoms with E-state index >= 15 is 0 Å². The Morgan fingerprint density at radius 2 is 1.53 bits per heavy atom. The van der Waals surface area contributed by atoms with Gasteiger partial charge in [0.25, 0.3) is 17.4 Å². The van der Waals surface area contributed by atoms with Gasteiger partial charge in [0, 0.05) is 81.7 Å². The summed E-state index contributed by atoms with van der Waals surface area (Å²) in [6, 6.07) is 16.5. The number of carbonyl (C=O) groups excluding carboxylic acids is 4. The van der Waals surface area contributed by atoms with Crippen molar-refractivity contribution < 1.29 is 28.7 Å². The Morgan fingerprint density at radius 1 is 0.792 bits per heavy atom. The molecule has 14 heteroatoms. The number of piperidine rings is 2. The lowest BCUT2D eigenvalue weighted by molar-refractivity contribution is -0.136. The molecule has 5 heterocycles. The molecule has 53 heavy (non-hydrogen) atoms. The van der Waals surface area contributed by atoms with Crippen LogP contribution in [0.5, 0.6) is 11.5 Å². The number of ether oxygens (including phenoxy) is 2. The number of rotatable bonds is 8. The van der Waals surface area contributed by atoms with Gasteiger partial charge in [-0.1, -0.05) is 6.07 Å². The molecule has 0 aliphatic carbocycles. The van der Waals surface area contributed by atoms with E-state index in [2.05, 4.69) is 37.1 Å². The van der Waals surface area contributed by atoms with Crippen LogP contribution in [-0.4, -0.2) is 114 Å². The van der Waals surface area contributed by atoms with Crippen molar-refractivity contribution in [3.05, 3.63) is 81.6 Å². The van der Waals surface area contributed by atoms with E-state index in [0.717, 1.165) is 73.8 Å². The van der Waals surface area contributed by atoms with Crippen molar-refractivity contribution in [3.63, 3.8) is 0 Å². The number of piperazine rings is 1. The van der Waals surface area contributed by atoms with E-state index < -0.39 is 23.8 Å². The predicted molar refractivity (Wildman–Crippen MR) is 196 cm³/mol. The molecule has 1 atom stereocenters. The maximum atomic E-state index is 13.3. The number of methoxy groups -OCH3 is 2. The summed E-state index contributed by atoms with van der Waals surface area (Å²) in [4.78, 5) is 79.3. The first kappa shape index (κ1) is 34.5. The van der Waals surface area contributed by atoms with Crippen LogP contribution in [0.15, 0.2) is 59.4 Å². The Hall–Kier alpha value is -5.60. The van der Waals surface area contributed by atoms with E-state index in [-0.39, 0.29) is 24.3 Å². The summed E-state index contributed by atoms with van der Waals surface area (Å²) < 4.78 is 10.8. The summed E-state index contributed by atoms with van der Waals surface area (Å²) in [6.07, 6.45) is 2.37. The van der Waals surface area contributed by atoms with E-state index in [4.69, 9.17) is 14.5 Å². The number of aromatic amines is 1. The van der Waals surface area contributed by atoms with E-state index in [1.165, 1.54) is 7.11 Å². The number of benzene rings is 3. The molecule has 8 rings (SSSR count). The molecule has 1 unspecified atom stereocenters. The van der Waals surface area contributed by atoms with E-state index in [1.807, 2.05) is 18.2 Å². The third kappa shape index (κ3) is 6.52. The standard InChI is InChI=1S/C39H41N7O7/c1-52-27-20-30-34(32(21-27)53-2)37(49)42-35(40-30)24-4-6-25(7-5-24)44-13-11-26(12-14-44)45-17-15-43(16-18-45)22-23-3-8-28-29(19-23)39(51)46(38(28)50)31-9-10-33(47)41-36(31)48/h3-8,19-21,26,31H,9-18,22H2,1-2H3,(H,40,42,49)(H,41,47,48). The molecule has 2 N–H and O–H groups in total. The molecule has 3 fully saturated rings. The summed E-state index contributed by atoms with van der Waals surface area (Å²) in [5, 5.41) is 2.62. The molecule has 0 saturated carbocycles. The van der Waals surface area contributed by atoms with Crippen LogP contribution in [0.3, 0.4) is 0 Å². The van der Waals surface area contributed by atoms with Crippen LogP contribution in [0.4, 0.5) is 5.69 Å². The van der Waals surface area contributed by atoms with Crippen LogP contribution < -0.4 is 25.2 Å². The average Bonchev–Trinajstić information content (AvgIpc) is 3.42. The van der Waals surface area contributed by atoms with Crippen molar-refractivity contribution in [1.82, 2.24) is 30.0 Å². The van der Waals surface area contributed by atoms with Gasteiger partial charge >= 0.3 is 0 Å². The number of hydrogen-bond acceptors (Lipinski definition) is 11. The van der Waals surface area contributed by atoms with Gasteiger partial charge in [0.1, 0.15) is 28.8 Å². The van der Waals surface area contributed by atoms with Gasteiger partial charge in [0.2, 0.25) is 11.8 Å². The molecule has 274 valence electrons. The number of hydrogen-bond donors (Lipinski definition) is 2. The van der Waals surface area contributed by atoms with Crippen molar-refractivity contribution in [2.45, 2.75) is 44.3 Å². The summed E-state index contributed by atoms with van der Waals surface area (Å²) in [5.41, 5.74) is 3.76. The largest absolute Gasteiger partial charge is 0.497 e. The molecular formula is C39H41N7O7. The fraction of sp³-hybridized carbons (Fsp3) is 0.385. The number of anilines is 1. The van der Waals surface area contributed by atoms with E-state index in [1.54, 1.807) is 31.4 Å². The number of aromatic nitrogens is 2. The zero-order valence-electron chi connectivity index (χ0n) is 29.7. The molecule has 0 spiro atoms. The van der Waals surface area contributed by atoms with Gasteiger partial charge in [-0.2, -0.15) is 0 Å². The number of H-pyrrole nitrogens is 1. The second-order valence-electron chi connectivity index (χ2n) is 14.0. The van der Waals surface area contributed by atoms with Gasteiger partial charge < -0.3 is 19.4 Å². The highest BCUT2D eigenvalue weighted by Gasteiger charge is 2.44. The first-order chi connectivity index (χ1) is 25.7. The third-order valence-corrected chi connectivity index (χ3v) is 11.0. The summed E-state index contributed by atoms with van der Waals surface area (Å²) in [5.74, 6) is -0.492. The van der Waals surface area contributed by atoms with Crippen LogP contribution in [-0.2, 0) is 16.1 Å². The maximum absolute atomic E-state index is 13.3. The summed E-state index contributed by atoms with van der Waals surface area (Å²) >= 11 is 0. The molecule has 14 nitrogen and oxygen atoms in total. The van der Waals surface area contributed by atoms with Crippen LogP contribution in [0.25, 0.3) is 22.3 Å². The Labute approximate surface area is 305 Å². The third-order valence-electron chi connectivity index (χ3n) is 11.0. The van der Waals surface area contributed by atoms with Crippen molar-refractivity contribution >= 4 is 40.2 Å². The van der Waals surface area contributed by atoms with Crippen LogP contribution in [0.2, 0.25) is 0 Å². The van der Waals surface area contributed by atoms with Crippen molar-refractivity contribution in [3.8, 4) is 22.9 Å². The minimum Gasteiger partial charge on any atom is -0.497 e. The number of imide groups is 2. The van der Waals surface area contributed by atoms with Gasteiger partial charge in [-0.3, -0.25) is 44.0 Å². The Bertz CT molecular complexity index is 2170. The molecule has 3 aromatic carbocycles. The molecule has 0 radical (unpaired) electrons. The Balaban J connectivity index is 0.840. The minimum atomic E-state index is -0.966. The molecule has 0 bridgehead atoms. The van der Waals surface area contributed by atoms with Crippen LogP contribution >= 0.6 is 0 Å². The highest BCUT2D eigenvalue weighted by Crippen LogP contribution is 2.31. The highest BCUT2D eigenvalue weighted by molar-refractivity contribution is 6.23. The molecule has 1 aromatic heterocycles. The van der Waals surface area contributed by atoms with Gasteiger partial charge in [-0.05, 0) is 61.2 Å². The number of nitrogens with zero attached hydrogens (tertiary/aromatic N) is 5. The molecule has 3 saturated heterocycles. The molecule has 4 amide bonds. The molecular weight excluding hydrogens is 678 g/mol. The van der Waals surface area contributed by atoms with E-state index in [0.29, 0.717) is 51.9 Å². The van der Waals surface area contributed by atoms with Crippen molar-refractivity contribution in [1.29, 1.82) is 0 Å². The second-order valence-corrected chi connectivity index (χ2v) is 14.0. The number of fused-ring (bicyclic) bond motifs is 2.